The summed E-state index contributed by atoms with van der Waals surface area (Å²) in [6.07, 6.45) is 7.31. The van der Waals surface area contributed by atoms with Gasteiger partial charge in [0, 0.05) is 18.3 Å². The normalized spacial score (nSPS) is 32.7. The predicted molar refractivity (Wildman–Crippen MR) is 150 cm³/mol. The second-order valence-electron chi connectivity index (χ2n) is 12.1. The molecule has 5 unspecified atom stereocenters. The number of fused-ring (bicyclic) bond motifs is 2. The monoisotopic (exact) mass is 557 g/mol. The molecular weight excluding hydrogens is 522 g/mol. The Kier molecular flexibility index (Phi) is 6.30. The van der Waals surface area contributed by atoms with Gasteiger partial charge in [0.05, 0.1) is 17.9 Å². The quantitative estimate of drug-likeness (QED) is 0.525. The third kappa shape index (κ3) is 4.29. The van der Waals surface area contributed by atoms with E-state index in [1.165, 1.54) is 0 Å². The summed E-state index contributed by atoms with van der Waals surface area (Å²) in [4.78, 5) is 43.8. The van der Waals surface area contributed by atoms with Crippen LogP contribution in [0.3, 0.4) is 0 Å². The van der Waals surface area contributed by atoms with Crippen LogP contribution in [-0.4, -0.2) is 53.2 Å². The maximum Gasteiger partial charge on any atom is 0.246 e. The first-order valence-electron chi connectivity index (χ1n) is 14.6. The van der Waals surface area contributed by atoms with Crippen LogP contribution in [0.4, 0.5) is 5.69 Å². The van der Waals surface area contributed by atoms with Gasteiger partial charge in [-0.1, -0.05) is 50.1 Å². The summed E-state index contributed by atoms with van der Waals surface area (Å²) in [5.41, 5.74) is 1.28. The molecule has 7 rings (SSSR count). The van der Waals surface area contributed by atoms with Crippen LogP contribution in [0.1, 0.15) is 43.7 Å². The third-order valence-electron chi connectivity index (χ3n) is 9.44. The Bertz CT molecular complexity index is 1440. The molecule has 2 N–H and O–H groups in total. The molecule has 3 amide bonds. The van der Waals surface area contributed by atoms with E-state index in [9.17, 15) is 14.4 Å². The van der Waals surface area contributed by atoms with Gasteiger partial charge in [-0.2, -0.15) is 0 Å². The van der Waals surface area contributed by atoms with E-state index in [4.69, 9.17) is 14.2 Å². The standard InChI is InChI=1S/C32H35N3O6/c1-18-6-5-8-21(14-18)33-29(36)26-24-12-13-32(41-24)27(26)31(38)35(16-20-10-11-23-25(15-20)40-17-39-23)28(32)30(37)34-22-9-4-3-7-19(22)2/h5-6,8,10-15,19,22,24,26-28H,3-4,7,9,16-17H2,1-2H3,(H,33,36)(H,34,37)/t19?,22?,24-,26?,27-,28?,32?/m0/s1. The number of carbonyl (C=O) groups excluding carboxylic acids is 3. The van der Waals surface area contributed by atoms with Crippen molar-refractivity contribution in [3.63, 3.8) is 0 Å². The summed E-state index contributed by atoms with van der Waals surface area (Å²) >= 11 is 0. The Hall–Kier alpha value is -3.85. The smallest absolute Gasteiger partial charge is 0.246 e. The zero-order valence-corrected chi connectivity index (χ0v) is 23.3. The van der Waals surface area contributed by atoms with E-state index in [0.717, 1.165) is 36.8 Å². The number of hydrogen-bond acceptors (Lipinski definition) is 6. The van der Waals surface area contributed by atoms with Gasteiger partial charge in [-0.3, -0.25) is 14.4 Å². The highest BCUT2D eigenvalue weighted by Crippen LogP contribution is 2.55. The van der Waals surface area contributed by atoms with Crippen LogP contribution in [0, 0.1) is 24.7 Å². The first kappa shape index (κ1) is 26.1. The van der Waals surface area contributed by atoms with Crippen molar-refractivity contribution in [3.05, 3.63) is 65.7 Å². The lowest BCUT2D eigenvalue weighted by Gasteiger charge is -2.36. The SMILES string of the molecule is Cc1cccc(NC(=O)C2[C@@H]3C=CC4(O3)C(C(=O)NC3CCCCC3C)N(Cc3ccc5c(c3)OCO5)C(=O)[C@H]24)c1. The number of carbonyl (C=O) groups is 3. The molecule has 7 atom stereocenters. The van der Waals surface area contributed by atoms with Crippen LogP contribution in [0.2, 0.25) is 0 Å². The molecule has 4 heterocycles. The number of aryl methyl sites for hydroxylation is 1. The molecule has 0 aromatic heterocycles. The van der Waals surface area contributed by atoms with Crippen LogP contribution in [0.25, 0.3) is 0 Å². The highest BCUT2D eigenvalue weighted by Gasteiger charge is 2.72. The summed E-state index contributed by atoms with van der Waals surface area (Å²) in [5.74, 6) is -0.720. The fraction of sp³-hybridized carbons (Fsp3) is 0.469. The topological polar surface area (TPSA) is 106 Å². The van der Waals surface area contributed by atoms with Gasteiger partial charge in [-0.25, -0.2) is 0 Å². The van der Waals surface area contributed by atoms with Crippen molar-refractivity contribution in [2.45, 2.75) is 69.9 Å². The number of anilines is 1. The van der Waals surface area contributed by atoms with Gasteiger partial charge in [0.25, 0.3) is 0 Å². The summed E-state index contributed by atoms with van der Waals surface area (Å²) in [5, 5.41) is 6.27. The average Bonchev–Trinajstić information content (AvgIpc) is 3.71. The zero-order valence-electron chi connectivity index (χ0n) is 23.3. The van der Waals surface area contributed by atoms with E-state index in [1.54, 1.807) is 4.90 Å². The first-order chi connectivity index (χ1) is 19.8. The molecule has 5 aliphatic rings. The van der Waals surface area contributed by atoms with Crippen LogP contribution >= 0.6 is 0 Å². The van der Waals surface area contributed by atoms with Crippen LogP contribution in [0.5, 0.6) is 11.5 Å². The Morgan fingerprint density at radius 1 is 1.05 bits per heavy atom. The Balaban J connectivity index is 1.22. The fourth-order valence-corrected chi connectivity index (χ4v) is 7.41. The molecule has 1 spiro atoms. The number of benzene rings is 2. The van der Waals surface area contributed by atoms with E-state index >= 15 is 0 Å². The number of nitrogens with zero attached hydrogens (tertiary/aromatic N) is 1. The van der Waals surface area contributed by atoms with Crippen LogP contribution < -0.4 is 20.1 Å². The second kappa shape index (κ2) is 9.91. The first-order valence-corrected chi connectivity index (χ1v) is 14.6. The Labute approximate surface area is 239 Å². The molecule has 4 aliphatic heterocycles. The molecule has 3 fully saturated rings. The van der Waals surface area contributed by atoms with Crippen molar-refractivity contribution in [1.82, 2.24) is 10.2 Å². The molecule has 214 valence electrons. The minimum atomic E-state index is -1.21. The third-order valence-corrected chi connectivity index (χ3v) is 9.44. The molecule has 0 radical (unpaired) electrons. The molecule has 2 saturated heterocycles. The van der Waals surface area contributed by atoms with Crippen molar-refractivity contribution in [2.75, 3.05) is 12.1 Å². The van der Waals surface area contributed by atoms with Crippen molar-refractivity contribution < 1.29 is 28.6 Å². The Morgan fingerprint density at radius 2 is 1.88 bits per heavy atom. The van der Waals surface area contributed by atoms with Gasteiger partial charge in [-0.05, 0) is 61.1 Å². The molecular formula is C32H35N3O6. The maximum absolute atomic E-state index is 14.3. The van der Waals surface area contributed by atoms with Crippen molar-refractivity contribution >= 4 is 23.4 Å². The number of likely N-dealkylation sites (tertiary alicyclic amines) is 1. The van der Waals surface area contributed by atoms with Crippen LogP contribution in [-0.2, 0) is 25.7 Å². The number of rotatable bonds is 6. The lowest BCUT2D eigenvalue weighted by Crippen LogP contribution is -2.57. The van der Waals surface area contributed by atoms with Gasteiger partial charge in [0.15, 0.2) is 11.5 Å². The molecule has 41 heavy (non-hydrogen) atoms. The van der Waals surface area contributed by atoms with E-state index < -0.39 is 29.6 Å². The lowest BCUT2D eigenvalue weighted by molar-refractivity contribution is -0.142. The van der Waals surface area contributed by atoms with Crippen molar-refractivity contribution in [3.8, 4) is 11.5 Å². The summed E-state index contributed by atoms with van der Waals surface area (Å²) in [6, 6.07) is 12.2. The lowest BCUT2D eigenvalue weighted by atomic mass is 9.74. The fourth-order valence-electron chi connectivity index (χ4n) is 7.41. The minimum absolute atomic E-state index is 0.0391. The number of hydrogen-bond donors (Lipinski definition) is 2. The van der Waals surface area contributed by atoms with Crippen molar-refractivity contribution in [1.29, 1.82) is 0 Å². The number of nitrogens with one attached hydrogen (secondary N) is 2. The molecule has 1 saturated carbocycles. The molecule has 1 aliphatic carbocycles. The molecule has 9 heteroatoms. The van der Waals surface area contributed by atoms with E-state index in [0.29, 0.717) is 23.1 Å². The molecule has 2 bridgehead atoms. The van der Waals surface area contributed by atoms with Gasteiger partial charge in [0.1, 0.15) is 11.6 Å². The second-order valence-corrected chi connectivity index (χ2v) is 12.1. The largest absolute Gasteiger partial charge is 0.454 e. The number of ether oxygens (including phenoxy) is 3. The van der Waals surface area contributed by atoms with Crippen molar-refractivity contribution in [2.24, 2.45) is 17.8 Å². The van der Waals surface area contributed by atoms with Gasteiger partial charge < -0.3 is 29.7 Å². The highest BCUT2D eigenvalue weighted by molar-refractivity contribution is 6.02. The van der Waals surface area contributed by atoms with E-state index in [1.807, 2.05) is 61.5 Å². The average molecular weight is 558 g/mol. The van der Waals surface area contributed by atoms with Gasteiger partial charge in [0.2, 0.25) is 24.5 Å². The van der Waals surface area contributed by atoms with E-state index in [2.05, 4.69) is 17.6 Å². The molecule has 9 nitrogen and oxygen atoms in total. The van der Waals surface area contributed by atoms with Crippen LogP contribution in [0.15, 0.2) is 54.6 Å². The predicted octanol–water partition coefficient (Wildman–Crippen LogP) is 3.71. The minimum Gasteiger partial charge on any atom is -0.454 e. The van der Waals surface area contributed by atoms with Gasteiger partial charge in [-0.15, -0.1) is 0 Å². The molecule has 2 aromatic rings. The Morgan fingerprint density at radius 3 is 2.71 bits per heavy atom. The highest BCUT2D eigenvalue weighted by atomic mass is 16.7. The molecule has 2 aromatic carbocycles. The summed E-state index contributed by atoms with van der Waals surface area (Å²) in [6.45, 7) is 4.45. The number of amides is 3. The van der Waals surface area contributed by atoms with Gasteiger partial charge >= 0.3 is 0 Å². The van der Waals surface area contributed by atoms with E-state index in [-0.39, 0.29) is 37.1 Å². The maximum atomic E-state index is 14.3. The zero-order chi connectivity index (χ0) is 28.3. The summed E-state index contributed by atoms with van der Waals surface area (Å²) < 4.78 is 17.5. The summed E-state index contributed by atoms with van der Waals surface area (Å²) in [7, 11) is 0.